The van der Waals surface area contributed by atoms with E-state index in [1.54, 1.807) is 0 Å². The lowest BCUT2D eigenvalue weighted by molar-refractivity contribution is -0.135. The summed E-state index contributed by atoms with van der Waals surface area (Å²) in [4.78, 5) is 14.4. The van der Waals surface area contributed by atoms with Crippen LogP contribution in [-0.2, 0) is 15.8 Å². The van der Waals surface area contributed by atoms with Crippen molar-refractivity contribution in [1.82, 2.24) is 0 Å². The van der Waals surface area contributed by atoms with Gasteiger partial charge in [-0.2, -0.15) is 0 Å². The van der Waals surface area contributed by atoms with E-state index in [-0.39, 0.29) is 5.78 Å². The van der Waals surface area contributed by atoms with Gasteiger partial charge < -0.3 is 5.11 Å². The minimum absolute atomic E-state index is 0.241. The molecule has 140 valence electrons. The molecular formula is C27H20O2. The van der Waals surface area contributed by atoms with Crippen LogP contribution in [0.1, 0.15) is 27.8 Å². The highest BCUT2D eigenvalue weighted by Crippen LogP contribution is 2.54. The van der Waals surface area contributed by atoms with Gasteiger partial charge >= 0.3 is 0 Å². The Balaban J connectivity index is 1.92. The Morgan fingerprint density at radius 3 is 1.34 bits per heavy atom. The minimum Gasteiger partial charge on any atom is -0.373 e. The van der Waals surface area contributed by atoms with E-state index in [0.29, 0.717) is 11.1 Å². The molecule has 0 radical (unpaired) electrons. The normalized spacial score (nSPS) is 19.7. The van der Waals surface area contributed by atoms with Crippen LogP contribution in [0.25, 0.3) is 0 Å². The van der Waals surface area contributed by atoms with Crippen molar-refractivity contribution in [2.75, 3.05) is 0 Å². The average molecular weight is 376 g/mol. The van der Waals surface area contributed by atoms with Crippen molar-refractivity contribution >= 4 is 5.78 Å². The molecule has 0 fully saturated rings. The summed E-state index contributed by atoms with van der Waals surface area (Å²) in [5, 5.41) is 12.0. The van der Waals surface area contributed by atoms with E-state index in [9.17, 15) is 9.90 Å². The molecule has 0 aromatic heterocycles. The standard InChI is InChI=1S/C27H20O2/c28-25-26(20-12-4-1-5-13-20,21-14-6-2-7-15-21)23-18-10-11-19-24(23)27(25,29)22-16-8-3-9-17-22/h1-19,29H/t27-/m1/s1. The van der Waals surface area contributed by atoms with Crippen molar-refractivity contribution in [1.29, 1.82) is 0 Å². The van der Waals surface area contributed by atoms with Gasteiger partial charge in [-0.25, -0.2) is 0 Å². The zero-order chi connectivity index (χ0) is 19.9. The lowest BCUT2D eigenvalue weighted by atomic mass is 9.68. The summed E-state index contributed by atoms with van der Waals surface area (Å²) in [5.74, 6) is -0.241. The topological polar surface area (TPSA) is 37.3 Å². The van der Waals surface area contributed by atoms with Crippen molar-refractivity contribution in [3.05, 3.63) is 143 Å². The smallest absolute Gasteiger partial charge is 0.192 e. The van der Waals surface area contributed by atoms with Crippen LogP contribution in [0.5, 0.6) is 0 Å². The monoisotopic (exact) mass is 376 g/mol. The number of ketones is 1. The van der Waals surface area contributed by atoms with Gasteiger partial charge in [0.15, 0.2) is 11.4 Å². The molecule has 0 bridgehead atoms. The van der Waals surface area contributed by atoms with E-state index >= 15 is 0 Å². The van der Waals surface area contributed by atoms with Gasteiger partial charge in [-0.15, -0.1) is 0 Å². The summed E-state index contributed by atoms with van der Waals surface area (Å²) < 4.78 is 0. The minimum atomic E-state index is -1.72. The average Bonchev–Trinajstić information content (AvgIpc) is 3.01. The van der Waals surface area contributed by atoms with E-state index in [0.717, 1.165) is 16.7 Å². The second-order valence-corrected chi connectivity index (χ2v) is 7.43. The first-order chi connectivity index (χ1) is 14.2. The second kappa shape index (κ2) is 6.54. The van der Waals surface area contributed by atoms with Gasteiger partial charge in [0, 0.05) is 5.56 Å². The third kappa shape index (κ3) is 2.30. The van der Waals surface area contributed by atoms with Crippen LogP contribution in [0.4, 0.5) is 0 Å². The fourth-order valence-electron chi connectivity index (χ4n) is 4.72. The molecule has 0 amide bonds. The summed E-state index contributed by atoms with van der Waals surface area (Å²) in [5.41, 5.74) is 0.975. The Labute approximate surface area is 170 Å². The number of benzene rings is 4. The van der Waals surface area contributed by atoms with Crippen molar-refractivity contribution in [2.45, 2.75) is 11.0 Å². The van der Waals surface area contributed by atoms with Gasteiger partial charge in [0.25, 0.3) is 0 Å². The molecule has 0 aliphatic heterocycles. The van der Waals surface area contributed by atoms with Crippen LogP contribution in [-0.4, -0.2) is 10.9 Å². The largest absolute Gasteiger partial charge is 0.373 e. The van der Waals surface area contributed by atoms with Crippen LogP contribution in [0.2, 0.25) is 0 Å². The molecule has 1 aliphatic carbocycles. The first kappa shape index (κ1) is 17.6. The first-order valence-electron chi connectivity index (χ1n) is 9.74. The highest BCUT2D eigenvalue weighted by Gasteiger charge is 2.61. The maximum absolute atomic E-state index is 14.4. The van der Waals surface area contributed by atoms with Gasteiger partial charge in [-0.05, 0) is 22.3 Å². The Morgan fingerprint density at radius 1 is 0.483 bits per heavy atom. The van der Waals surface area contributed by atoms with Gasteiger partial charge in [-0.3, -0.25) is 4.79 Å². The van der Waals surface area contributed by atoms with E-state index < -0.39 is 11.0 Å². The van der Waals surface area contributed by atoms with E-state index in [1.807, 2.05) is 115 Å². The van der Waals surface area contributed by atoms with Gasteiger partial charge in [0.1, 0.15) is 5.41 Å². The number of fused-ring (bicyclic) bond motifs is 1. The SMILES string of the molecule is O=C1C(c2ccccc2)(c2ccccc2)c2ccccc2[C@]1(O)c1ccccc1. The predicted octanol–water partition coefficient (Wildman–Crippen LogP) is 4.84. The zero-order valence-electron chi connectivity index (χ0n) is 15.8. The van der Waals surface area contributed by atoms with Crippen LogP contribution in [0.15, 0.2) is 115 Å². The summed E-state index contributed by atoms with van der Waals surface area (Å²) in [7, 11) is 0. The number of hydrogen-bond donors (Lipinski definition) is 1. The van der Waals surface area contributed by atoms with Crippen LogP contribution < -0.4 is 0 Å². The molecule has 2 heteroatoms. The second-order valence-electron chi connectivity index (χ2n) is 7.43. The van der Waals surface area contributed by atoms with Crippen LogP contribution in [0, 0.1) is 0 Å². The van der Waals surface area contributed by atoms with Gasteiger partial charge in [-0.1, -0.05) is 115 Å². The van der Waals surface area contributed by atoms with Gasteiger partial charge in [0.2, 0.25) is 0 Å². The molecule has 1 N–H and O–H groups in total. The predicted molar refractivity (Wildman–Crippen MR) is 114 cm³/mol. The lowest BCUT2D eigenvalue weighted by Gasteiger charge is -2.32. The molecule has 0 saturated carbocycles. The summed E-state index contributed by atoms with van der Waals surface area (Å²) in [6.45, 7) is 0. The van der Waals surface area contributed by atoms with Crippen molar-refractivity contribution < 1.29 is 9.90 Å². The molecular weight excluding hydrogens is 356 g/mol. The van der Waals surface area contributed by atoms with E-state index in [1.165, 1.54) is 0 Å². The molecule has 29 heavy (non-hydrogen) atoms. The Bertz CT molecular complexity index is 1130. The molecule has 2 nitrogen and oxygen atoms in total. The zero-order valence-corrected chi connectivity index (χ0v) is 15.8. The molecule has 0 saturated heterocycles. The maximum atomic E-state index is 14.4. The summed E-state index contributed by atoms with van der Waals surface area (Å²) >= 11 is 0. The third-order valence-electron chi connectivity index (χ3n) is 6.00. The molecule has 5 rings (SSSR count). The number of hydrogen-bond acceptors (Lipinski definition) is 2. The summed E-state index contributed by atoms with van der Waals surface area (Å²) in [6.07, 6.45) is 0. The number of carbonyl (C=O) groups excluding carboxylic acids is 1. The van der Waals surface area contributed by atoms with Crippen LogP contribution >= 0.6 is 0 Å². The van der Waals surface area contributed by atoms with Crippen molar-refractivity contribution in [3.8, 4) is 0 Å². The number of carbonyl (C=O) groups is 1. The number of aliphatic hydroxyl groups is 1. The molecule has 4 aromatic carbocycles. The Kier molecular flexibility index (Phi) is 3.97. The number of rotatable bonds is 3. The van der Waals surface area contributed by atoms with E-state index in [4.69, 9.17) is 0 Å². The molecule has 4 aromatic rings. The lowest BCUT2D eigenvalue weighted by Crippen LogP contribution is -2.44. The van der Waals surface area contributed by atoms with E-state index in [2.05, 4.69) is 0 Å². The van der Waals surface area contributed by atoms with Gasteiger partial charge in [0.05, 0.1) is 0 Å². The maximum Gasteiger partial charge on any atom is 0.192 e. The summed E-state index contributed by atoms with van der Waals surface area (Å²) in [6, 6.07) is 36.4. The number of Topliss-reactive ketones (excluding diaryl/α,β-unsaturated/α-hetero) is 1. The third-order valence-corrected chi connectivity index (χ3v) is 6.00. The molecule has 1 aliphatic rings. The highest BCUT2D eigenvalue weighted by molar-refractivity contribution is 6.10. The molecule has 0 heterocycles. The van der Waals surface area contributed by atoms with Crippen LogP contribution in [0.3, 0.4) is 0 Å². The van der Waals surface area contributed by atoms with Crippen molar-refractivity contribution in [2.24, 2.45) is 0 Å². The molecule has 1 atom stereocenters. The fraction of sp³-hybridized carbons (Fsp3) is 0.0741. The first-order valence-corrected chi connectivity index (χ1v) is 9.74. The molecule has 0 spiro atoms. The Hall–Kier alpha value is -3.49. The Morgan fingerprint density at radius 2 is 0.862 bits per heavy atom. The van der Waals surface area contributed by atoms with Crippen molar-refractivity contribution in [3.63, 3.8) is 0 Å². The quantitative estimate of drug-likeness (QED) is 0.556. The fourth-order valence-corrected chi connectivity index (χ4v) is 4.72. The molecule has 0 unspecified atom stereocenters. The highest BCUT2D eigenvalue weighted by atomic mass is 16.3.